The third kappa shape index (κ3) is 7.15. The summed E-state index contributed by atoms with van der Waals surface area (Å²) in [6.45, 7) is 1.07. The number of thiazole rings is 1. The molecule has 0 saturated heterocycles. The van der Waals surface area contributed by atoms with E-state index >= 15 is 0 Å². The van der Waals surface area contributed by atoms with E-state index in [1.807, 2.05) is 36.6 Å². The number of methoxy groups -OCH3 is 1. The van der Waals surface area contributed by atoms with Crippen molar-refractivity contribution in [3.05, 3.63) is 58.7 Å². The van der Waals surface area contributed by atoms with Crippen molar-refractivity contribution >= 4 is 34.0 Å². The number of rotatable bonds is 10. The molecule has 0 amide bonds. The fourth-order valence-corrected chi connectivity index (χ4v) is 3.89. The van der Waals surface area contributed by atoms with Gasteiger partial charge in [-0.2, -0.15) is 8.78 Å². The Labute approximate surface area is 194 Å². The van der Waals surface area contributed by atoms with Gasteiger partial charge in [0.1, 0.15) is 11.5 Å². The zero-order chi connectivity index (χ0) is 21.3. The minimum atomic E-state index is -2.84. The van der Waals surface area contributed by atoms with E-state index in [4.69, 9.17) is 14.5 Å². The number of hydrogen-bond acceptors (Lipinski definition) is 5. The standard InChI is InChI=1S/C22H24F2N2O3S.BrH/c1-3-28-18-11-7-17(8-12-18)25-22-26(13-4-14-27-2)20(15-30-22)16-5-9-19(10-6-16)29-21(23)24;/h5-12,15,21H,3-4,13-14H2,1-2H3;1H. The summed E-state index contributed by atoms with van der Waals surface area (Å²) in [4.78, 5) is 5.63. The highest BCUT2D eigenvalue weighted by atomic mass is 79.9. The van der Waals surface area contributed by atoms with Crippen molar-refractivity contribution in [3.8, 4) is 22.8 Å². The molecule has 1 aromatic heterocycles. The van der Waals surface area contributed by atoms with Gasteiger partial charge < -0.3 is 18.8 Å². The lowest BCUT2D eigenvalue weighted by Gasteiger charge is -2.10. The quantitative estimate of drug-likeness (QED) is 0.308. The predicted octanol–water partition coefficient (Wildman–Crippen LogP) is 6.06. The third-order valence-corrected chi connectivity index (χ3v) is 5.14. The number of aromatic nitrogens is 1. The van der Waals surface area contributed by atoms with Crippen molar-refractivity contribution in [2.75, 3.05) is 20.3 Å². The first-order valence-corrected chi connectivity index (χ1v) is 10.5. The molecule has 0 fully saturated rings. The van der Waals surface area contributed by atoms with Gasteiger partial charge in [0.15, 0.2) is 4.80 Å². The summed E-state index contributed by atoms with van der Waals surface area (Å²) in [6.07, 6.45) is 0.823. The van der Waals surface area contributed by atoms with Crippen LogP contribution in [0, 0.1) is 0 Å². The van der Waals surface area contributed by atoms with Gasteiger partial charge in [-0.05, 0) is 67.4 Å². The van der Waals surface area contributed by atoms with Crippen LogP contribution in [0.15, 0.2) is 58.9 Å². The van der Waals surface area contributed by atoms with E-state index in [0.29, 0.717) is 13.2 Å². The molecule has 168 valence electrons. The molecular formula is C22H25BrF2N2O3S. The molecule has 2 aromatic carbocycles. The van der Waals surface area contributed by atoms with Crippen molar-refractivity contribution in [3.63, 3.8) is 0 Å². The Hall–Kier alpha value is -2.23. The van der Waals surface area contributed by atoms with Crippen LogP contribution in [-0.4, -0.2) is 31.5 Å². The van der Waals surface area contributed by atoms with Crippen LogP contribution in [0.25, 0.3) is 11.3 Å². The van der Waals surface area contributed by atoms with Gasteiger partial charge in [0, 0.05) is 25.6 Å². The van der Waals surface area contributed by atoms with Crippen LogP contribution in [0.1, 0.15) is 13.3 Å². The first kappa shape index (κ1) is 25.0. The number of benzene rings is 2. The second-order valence-electron chi connectivity index (χ2n) is 6.34. The molecule has 0 atom stereocenters. The second-order valence-corrected chi connectivity index (χ2v) is 7.18. The number of nitrogens with zero attached hydrogens (tertiary/aromatic N) is 2. The van der Waals surface area contributed by atoms with Crippen molar-refractivity contribution in [2.24, 2.45) is 4.99 Å². The molecule has 0 aliphatic carbocycles. The van der Waals surface area contributed by atoms with Gasteiger partial charge in [0.25, 0.3) is 0 Å². The van der Waals surface area contributed by atoms with Gasteiger partial charge in [-0.1, -0.05) is 0 Å². The summed E-state index contributed by atoms with van der Waals surface area (Å²) in [5.41, 5.74) is 2.69. The van der Waals surface area contributed by atoms with E-state index in [9.17, 15) is 8.78 Å². The number of ether oxygens (including phenoxy) is 3. The van der Waals surface area contributed by atoms with Gasteiger partial charge in [-0.25, -0.2) is 4.99 Å². The van der Waals surface area contributed by atoms with Crippen molar-refractivity contribution in [1.82, 2.24) is 4.57 Å². The van der Waals surface area contributed by atoms with Crippen molar-refractivity contribution < 1.29 is 23.0 Å². The van der Waals surface area contributed by atoms with Gasteiger partial charge in [-0.3, -0.25) is 0 Å². The average molecular weight is 515 g/mol. The van der Waals surface area contributed by atoms with Crippen LogP contribution in [0.2, 0.25) is 0 Å². The number of hydrogen-bond donors (Lipinski definition) is 0. The Morgan fingerprint density at radius 3 is 2.32 bits per heavy atom. The summed E-state index contributed by atoms with van der Waals surface area (Å²) in [5.74, 6) is 0.941. The van der Waals surface area contributed by atoms with Gasteiger partial charge in [0.05, 0.1) is 18.0 Å². The molecule has 0 bridgehead atoms. The minimum Gasteiger partial charge on any atom is -0.494 e. The normalized spacial score (nSPS) is 11.5. The molecule has 1 heterocycles. The molecule has 3 aromatic rings. The Bertz CT molecular complexity index is 989. The fourth-order valence-electron chi connectivity index (χ4n) is 2.93. The first-order valence-electron chi connectivity index (χ1n) is 9.60. The molecule has 0 aliphatic rings. The summed E-state index contributed by atoms with van der Waals surface area (Å²) in [6, 6.07) is 14.3. The molecule has 0 unspecified atom stereocenters. The molecular weight excluding hydrogens is 490 g/mol. The second kappa shape index (κ2) is 12.6. The largest absolute Gasteiger partial charge is 0.494 e. The first-order chi connectivity index (χ1) is 14.6. The molecule has 0 radical (unpaired) electrons. The van der Waals surface area contributed by atoms with E-state index in [-0.39, 0.29) is 22.7 Å². The van der Waals surface area contributed by atoms with E-state index in [1.54, 1.807) is 31.4 Å². The smallest absolute Gasteiger partial charge is 0.387 e. The summed E-state index contributed by atoms with van der Waals surface area (Å²) in [5, 5.41) is 2.02. The highest BCUT2D eigenvalue weighted by Gasteiger charge is 2.10. The van der Waals surface area contributed by atoms with Crippen molar-refractivity contribution in [2.45, 2.75) is 26.5 Å². The van der Waals surface area contributed by atoms with Crippen molar-refractivity contribution in [1.29, 1.82) is 0 Å². The molecule has 31 heavy (non-hydrogen) atoms. The van der Waals surface area contributed by atoms with E-state index in [0.717, 1.165) is 40.5 Å². The van der Waals surface area contributed by atoms with Gasteiger partial charge in [-0.15, -0.1) is 28.3 Å². The summed E-state index contributed by atoms with van der Waals surface area (Å²) >= 11 is 1.53. The maximum Gasteiger partial charge on any atom is 0.387 e. The Morgan fingerprint density at radius 1 is 1.03 bits per heavy atom. The van der Waals surface area contributed by atoms with Gasteiger partial charge in [0.2, 0.25) is 0 Å². The molecule has 0 saturated carbocycles. The highest BCUT2D eigenvalue weighted by Crippen LogP contribution is 2.25. The third-order valence-electron chi connectivity index (χ3n) is 4.28. The molecule has 9 heteroatoms. The molecule has 0 N–H and O–H groups in total. The molecule has 3 rings (SSSR count). The lowest BCUT2D eigenvalue weighted by molar-refractivity contribution is -0.0498. The molecule has 0 aliphatic heterocycles. The molecule has 5 nitrogen and oxygen atoms in total. The lowest BCUT2D eigenvalue weighted by Crippen LogP contribution is -2.17. The van der Waals surface area contributed by atoms with E-state index < -0.39 is 6.61 Å². The molecule has 0 spiro atoms. The van der Waals surface area contributed by atoms with Crippen LogP contribution < -0.4 is 14.3 Å². The van der Waals surface area contributed by atoms with Crippen LogP contribution in [0.5, 0.6) is 11.5 Å². The number of alkyl halides is 2. The number of halogens is 3. The Morgan fingerprint density at radius 2 is 1.71 bits per heavy atom. The Kier molecular flexibility index (Phi) is 10.2. The topological polar surface area (TPSA) is 45.0 Å². The Balaban J connectivity index is 0.00000341. The van der Waals surface area contributed by atoms with Crippen LogP contribution >= 0.6 is 28.3 Å². The van der Waals surface area contributed by atoms with Crippen LogP contribution in [-0.2, 0) is 11.3 Å². The average Bonchev–Trinajstić information content (AvgIpc) is 3.12. The van der Waals surface area contributed by atoms with Crippen LogP contribution in [0.3, 0.4) is 0 Å². The van der Waals surface area contributed by atoms with E-state index in [2.05, 4.69) is 9.30 Å². The minimum absolute atomic E-state index is 0. The monoisotopic (exact) mass is 514 g/mol. The summed E-state index contributed by atoms with van der Waals surface area (Å²) in [7, 11) is 1.67. The lowest BCUT2D eigenvalue weighted by atomic mass is 10.1. The van der Waals surface area contributed by atoms with E-state index in [1.165, 1.54) is 11.3 Å². The fraction of sp³-hybridized carbons (Fsp3) is 0.318. The predicted molar refractivity (Wildman–Crippen MR) is 124 cm³/mol. The maximum absolute atomic E-state index is 12.4. The maximum atomic E-state index is 12.4. The summed E-state index contributed by atoms with van der Waals surface area (Å²) < 4.78 is 42.0. The zero-order valence-electron chi connectivity index (χ0n) is 17.3. The SMILES string of the molecule is Br.CCOc1ccc(N=c2scc(-c3ccc(OC(F)F)cc3)n2CCCOC)cc1. The van der Waals surface area contributed by atoms with Gasteiger partial charge >= 0.3 is 6.61 Å². The zero-order valence-corrected chi connectivity index (χ0v) is 19.8. The highest BCUT2D eigenvalue weighted by molar-refractivity contribution is 8.93. The van der Waals surface area contributed by atoms with Crippen LogP contribution in [0.4, 0.5) is 14.5 Å².